The van der Waals surface area contributed by atoms with Crippen LogP contribution in [0.5, 0.6) is 0 Å². The maximum atomic E-state index is 13.2. The van der Waals surface area contributed by atoms with E-state index < -0.39 is 0 Å². The Bertz CT molecular complexity index is 844. The molecule has 23 heavy (non-hydrogen) atoms. The second-order valence-corrected chi connectivity index (χ2v) is 5.74. The van der Waals surface area contributed by atoms with Gasteiger partial charge in [-0.25, -0.2) is 4.39 Å². The number of hydrogen-bond acceptors (Lipinski definition) is 1. The molecule has 116 valence electrons. The summed E-state index contributed by atoms with van der Waals surface area (Å²) in [5.41, 5.74) is 1.78. The Balaban J connectivity index is 1.69. The van der Waals surface area contributed by atoms with E-state index in [1.165, 1.54) is 12.1 Å². The molecule has 0 N–H and O–H groups in total. The largest absolute Gasteiger partial charge is 0.341 e. The van der Waals surface area contributed by atoms with Crippen LogP contribution in [-0.4, -0.2) is 17.9 Å². The number of amides is 1. The van der Waals surface area contributed by atoms with Crippen molar-refractivity contribution in [1.82, 2.24) is 4.90 Å². The van der Waals surface area contributed by atoms with E-state index in [-0.39, 0.29) is 11.7 Å². The Morgan fingerprint density at radius 3 is 2.48 bits per heavy atom. The Morgan fingerprint density at radius 1 is 0.913 bits per heavy atom. The van der Waals surface area contributed by atoms with E-state index in [0.29, 0.717) is 13.0 Å². The molecular weight excluding hydrogens is 289 g/mol. The van der Waals surface area contributed by atoms with E-state index in [1.54, 1.807) is 18.0 Å². The summed E-state index contributed by atoms with van der Waals surface area (Å²) in [4.78, 5) is 14.0. The van der Waals surface area contributed by atoms with Crippen molar-refractivity contribution >= 4 is 16.7 Å². The maximum Gasteiger partial charge on any atom is 0.227 e. The van der Waals surface area contributed by atoms with Gasteiger partial charge in [0.25, 0.3) is 0 Å². The first kappa shape index (κ1) is 15.2. The molecule has 3 heteroatoms. The van der Waals surface area contributed by atoms with Crippen LogP contribution in [0.3, 0.4) is 0 Å². The summed E-state index contributed by atoms with van der Waals surface area (Å²) in [7, 11) is 1.74. The summed E-state index contributed by atoms with van der Waals surface area (Å²) < 4.78 is 13.2. The van der Waals surface area contributed by atoms with E-state index >= 15 is 0 Å². The van der Waals surface area contributed by atoms with Crippen LogP contribution in [0.2, 0.25) is 0 Å². The quantitative estimate of drug-likeness (QED) is 0.708. The van der Waals surface area contributed by atoms with Gasteiger partial charge < -0.3 is 4.90 Å². The molecule has 0 aliphatic heterocycles. The highest BCUT2D eigenvalue weighted by Gasteiger charge is 2.11. The Labute approximate surface area is 135 Å². The van der Waals surface area contributed by atoms with Crippen molar-refractivity contribution in [3.8, 4) is 0 Å². The zero-order chi connectivity index (χ0) is 16.2. The summed E-state index contributed by atoms with van der Waals surface area (Å²) in [6, 6.07) is 20.5. The lowest BCUT2D eigenvalue weighted by Gasteiger charge is -2.17. The van der Waals surface area contributed by atoms with Crippen LogP contribution in [-0.2, 0) is 17.8 Å². The van der Waals surface area contributed by atoms with Gasteiger partial charge >= 0.3 is 0 Å². The first-order valence-corrected chi connectivity index (χ1v) is 7.58. The minimum Gasteiger partial charge on any atom is -0.341 e. The van der Waals surface area contributed by atoms with Crippen LogP contribution in [0.1, 0.15) is 11.1 Å². The molecular formula is C20H18FNO. The molecule has 0 unspecified atom stereocenters. The van der Waals surface area contributed by atoms with Gasteiger partial charge in [0, 0.05) is 13.6 Å². The van der Waals surface area contributed by atoms with Crippen LogP contribution >= 0.6 is 0 Å². The van der Waals surface area contributed by atoms with E-state index in [1.807, 2.05) is 42.5 Å². The first-order chi connectivity index (χ1) is 11.1. The standard InChI is InChI=1S/C20H18FNO/c1-22(14-16-5-4-8-19(21)12-16)20(23)13-15-9-10-17-6-2-3-7-18(17)11-15/h2-12H,13-14H2,1H3. The average Bonchev–Trinajstić information content (AvgIpc) is 2.54. The number of halogens is 1. The summed E-state index contributed by atoms with van der Waals surface area (Å²) in [5.74, 6) is -0.262. The SMILES string of the molecule is CN(Cc1cccc(F)c1)C(=O)Cc1ccc2ccccc2c1. The number of benzene rings is 3. The van der Waals surface area contributed by atoms with Crippen molar-refractivity contribution in [1.29, 1.82) is 0 Å². The Morgan fingerprint density at radius 2 is 1.70 bits per heavy atom. The zero-order valence-corrected chi connectivity index (χ0v) is 13.0. The van der Waals surface area contributed by atoms with Gasteiger partial charge in [0.1, 0.15) is 5.82 Å². The molecule has 2 nitrogen and oxygen atoms in total. The summed E-state index contributed by atoms with van der Waals surface area (Å²) in [5, 5.41) is 2.29. The molecule has 0 aromatic heterocycles. The smallest absolute Gasteiger partial charge is 0.227 e. The van der Waals surface area contributed by atoms with Gasteiger partial charge in [-0.2, -0.15) is 0 Å². The lowest BCUT2D eigenvalue weighted by molar-refractivity contribution is -0.129. The fourth-order valence-electron chi connectivity index (χ4n) is 2.66. The fourth-order valence-corrected chi connectivity index (χ4v) is 2.66. The summed E-state index contributed by atoms with van der Waals surface area (Å²) >= 11 is 0. The van der Waals surface area contributed by atoms with Crippen molar-refractivity contribution in [2.45, 2.75) is 13.0 Å². The summed E-state index contributed by atoms with van der Waals surface area (Å²) in [6.45, 7) is 0.407. The number of fused-ring (bicyclic) bond motifs is 1. The lowest BCUT2D eigenvalue weighted by atomic mass is 10.0. The molecule has 0 saturated carbocycles. The van der Waals surface area contributed by atoms with E-state index in [9.17, 15) is 9.18 Å². The molecule has 0 fully saturated rings. The molecule has 0 aliphatic carbocycles. The van der Waals surface area contributed by atoms with Crippen LogP contribution in [0, 0.1) is 5.82 Å². The van der Waals surface area contributed by atoms with E-state index in [2.05, 4.69) is 6.07 Å². The molecule has 0 heterocycles. The highest BCUT2D eigenvalue weighted by Crippen LogP contribution is 2.16. The fraction of sp³-hybridized carbons (Fsp3) is 0.150. The third-order valence-electron chi connectivity index (χ3n) is 3.90. The van der Waals surface area contributed by atoms with E-state index in [4.69, 9.17) is 0 Å². The molecule has 0 radical (unpaired) electrons. The number of likely N-dealkylation sites (N-methyl/N-ethyl adjacent to an activating group) is 1. The van der Waals surface area contributed by atoms with Gasteiger partial charge in [-0.1, -0.05) is 54.6 Å². The number of rotatable bonds is 4. The topological polar surface area (TPSA) is 20.3 Å². The Hall–Kier alpha value is -2.68. The van der Waals surface area contributed by atoms with Gasteiger partial charge in [-0.05, 0) is 34.0 Å². The van der Waals surface area contributed by atoms with Gasteiger partial charge in [0.05, 0.1) is 6.42 Å². The monoisotopic (exact) mass is 307 g/mol. The molecule has 3 aromatic rings. The third-order valence-corrected chi connectivity index (χ3v) is 3.90. The molecule has 0 bridgehead atoms. The van der Waals surface area contributed by atoms with Crippen LogP contribution in [0.15, 0.2) is 66.7 Å². The van der Waals surface area contributed by atoms with Crippen molar-refractivity contribution in [3.63, 3.8) is 0 Å². The molecule has 0 spiro atoms. The third kappa shape index (κ3) is 3.75. The van der Waals surface area contributed by atoms with Gasteiger partial charge in [-0.3, -0.25) is 4.79 Å². The van der Waals surface area contributed by atoms with Crippen molar-refractivity contribution < 1.29 is 9.18 Å². The molecule has 3 aromatic carbocycles. The molecule has 0 aliphatic rings. The number of carbonyl (C=O) groups is 1. The highest BCUT2D eigenvalue weighted by atomic mass is 19.1. The van der Waals surface area contributed by atoms with Crippen molar-refractivity contribution in [3.05, 3.63) is 83.7 Å². The molecule has 0 atom stereocenters. The van der Waals surface area contributed by atoms with Gasteiger partial charge in [0.2, 0.25) is 5.91 Å². The zero-order valence-electron chi connectivity index (χ0n) is 13.0. The first-order valence-electron chi connectivity index (χ1n) is 7.58. The second kappa shape index (κ2) is 6.61. The number of hydrogen-bond donors (Lipinski definition) is 0. The lowest BCUT2D eigenvalue weighted by Crippen LogP contribution is -2.27. The van der Waals surface area contributed by atoms with Crippen LogP contribution in [0.4, 0.5) is 4.39 Å². The predicted molar refractivity (Wildman–Crippen MR) is 90.5 cm³/mol. The number of nitrogens with zero attached hydrogens (tertiary/aromatic N) is 1. The number of carbonyl (C=O) groups excluding carboxylic acids is 1. The summed E-state index contributed by atoms with van der Waals surface area (Å²) in [6.07, 6.45) is 0.344. The van der Waals surface area contributed by atoms with Gasteiger partial charge in [0.15, 0.2) is 0 Å². The average molecular weight is 307 g/mol. The normalized spacial score (nSPS) is 10.7. The minimum atomic E-state index is -0.280. The van der Waals surface area contributed by atoms with Crippen LogP contribution < -0.4 is 0 Å². The van der Waals surface area contributed by atoms with E-state index in [0.717, 1.165) is 21.9 Å². The maximum absolute atomic E-state index is 13.2. The molecule has 3 rings (SSSR count). The van der Waals surface area contributed by atoms with Crippen molar-refractivity contribution in [2.24, 2.45) is 0 Å². The molecule has 1 amide bonds. The minimum absolute atomic E-state index is 0.0181. The predicted octanol–water partition coefficient (Wildman–Crippen LogP) is 4.18. The highest BCUT2D eigenvalue weighted by molar-refractivity contribution is 5.85. The molecule has 0 saturated heterocycles. The second-order valence-electron chi connectivity index (χ2n) is 5.74. The van der Waals surface area contributed by atoms with Crippen LogP contribution in [0.25, 0.3) is 10.8 Å². The van der Waals surface area contributed by atoms with Gasteiger partial charge in [-0.15, -0.1) is 0 Å². The Kier molecular flexibility index (Phi) is 4.38. The van der Waals surface area contributed by atoms with Crippen molar-refractivity contribution in [2.75, 3.05) is 7.05 Å².